The lowest BCUT2D eigenvalue weighted by molar-refractivity contribution is 0.104. The molecule has 5 nitrogen and oxygen atoms in total. The van der Waals surface area contributed by atoms with E-state index in [1.165, 1.54) is 17.4 Å². The van der Waals surface area contributed by atoms with E-state index >= 15 is 0 Å². The number of ether oxygens (including phenoxy) is 1. The van der Waals surface area contributed by atoms with Gasteiger partial charge in [0.25, 0.3) is 0 Å². The smallest absolute Gasteiger partial charge is 0.205 e. The van der Waals surface area contributed by atoms with Crippen molar-refractivity contribution >= 4 is 45.7 Å². The molecule has 2 aromatic carbocycles. The summed E-state index contributed by atoms with van der Waals surface area (Å²) >= 11 is 7.43. The van der Waals surface area contributed by atoms with Crippen molar-refractivity contribution < 1.29 is 9.53 Å². The lowest BCUT2D eigenvalue weighted by atomic mass is 10.0. The van der Waals surface area contributed by atoms with Crippen molar-refractivity contribution in [3.8, 4) is 22.4 Å². The van der Waals surface area contributed by atoms with Crippen molar-refractivity contribution in [1.82, 2.24) is 9.97 Å². The lowest BCUT2D eigenvalue weighted by Crippen LogP contribution is -2.01. The number of nitrogens with one attached hydrogen (secondary N) is 1. The average molecular weight is 420 g/mol. The summed E-state index contributed by atoms with van der Waals surface area (Å²) < 4.78 is 5.25. The zero-order chi connectivity index (χ0) is 20.4. The summed E-state index contributed by atoms with van der Waals surface area (Å²) in [6.07, 6.45) is 3.11. The maximum absolute atomic E-state index is 12.9. The molecule has 0 bridgehead atoms. The van der Waals surface area contributed by atoms with E-state index in [0.717, 1.165) is 27.2 Å². The van der Waals surface area contributed by atoms with Crippen molar-refractivity contribution in [2.75, 3.05) is 7.11 Å². The van der Waals surface area contributed by atoms with Gasteiger partial charge in [0, 0.05) is 38.6 Å². The second kappa shape index (κ2) is 7.92. The molecule has 0 spiro atoms. The van der Waals surface area contributed by atoms with E-state index in [0.29, 0.717) is 16.3 Å². The van der Waals surface area contributed by atoms with Crippen LogP contribution in [0.3, 0.4) is 0 Å². The average Bonchev–Trinajstić information content (AvgIpc) is 3.38. The summed E-state index contributed by atoms with van der Waals surface area (Å²) in [4.78, 5) is 20.5. The molecule has 0 fully saturated rings. The predicted molar refractivity (Wildman–Crippen MR) is 115 cm³/mol. The Morgan fingerprint density at radius 2 is 2.17 bits per heavy atom. The molecule has 142 valence electrons. The number of halogens is 1. The number of hydrogen-bond donors (Lipinski definition) is 1. The van der Waals surface area contributed by atoms with Gasteiger partial charge in [-0.25, -0.2) is 4.98 Å². The molecule has 0 aliphatic carbocycles. The van der Waals surface area contributed by atoms with Gasteiger partial charge in [0.1, 0.15) is 22.4 Å². The molecule has 0 saturated heterocycles. The molecule has 4 aromatic rings. The van der Waals surface area contributed by atoms with Crippen LogP contribution in [0, 0.1) is 11.3 Å². The number of Topliss-reactive ketones (excluding diaryl/α,β-unsaturated/α-hetero) is 1. The SMILES string of the molecule is COc1cccc(-c2nc(/C=C(/C#N)C(=O)c3c[nH]c4cc(Cl)ccc34)cs2)c1. The molecule has 0 aliphatic heterocycles. The number of fused-ring (bicyclic) bond motifs is 1. The first-order valence-electron chi connectivity index (χ1n) is 8.62. The molecular weight excluding hydrogens is 406 g/mol. The van der Waals surface area contributed by atoms with Crippen LogP contribution in [-0.4, -0.2) is 22.9 Å². The van der Waals surface area contributed by atoms with Gasteiger partial charge in [0.05, 0.1) is 12.8 Å². The zero-order valence-electron chi connectivity index (χ0n) is 15.3. The number of thiazole rings is 1. The number of H-pyrrole nitrogens is 1. The number of ketones is 1. The summed E-state index contributed by atoms with van der Waals surface area (Å²) in [6.45, 7) is 0. The first kappa shape index (κ1) is 18.9. The van der Waals surface area contributed by atoms with Crippen LogP contribution in [0.4, 0.5) is 0 Å². The van der Waals surface area contributed by atoms with Crippen molar-refractivity contribution in [3.63, 3.8) is 0 Å². The van der Waals surface area contributed by atoms with Gasteiger partial charge in [0.2, 0.25) is 5.78 Å². The highest BCUT2D eigenvalue weighted by Gasteiger charge is 2.17. The number of aromatic amines is 1. The number of aromatic nitrogens is 2. The fourth-order valence-corrected chi connectivity index (χ4v) is 3.92. The molecule has 1 N–H and O–H groups in total. The number of benzene rings is 2. The van der Waals surface area contributed by atoms with Crippen molar-refractivity contribution in [3.05, 3.63) is 75.9 Å². The van der Waals surface area contributed by atoms with Crippen LogP contribution < -0.4 is 4.74 Å². The van der Waals surface area contributed by atoms with Gasteiger partial charge < -0.3 is 9.72 Å². The number of methoxy groups -OCH3 is 1. The maximum Gasteiger partial charge on any atom is 0.205 e. The van der Waals surface area contributed by atoms with Gasteiger partial charge in [-0.1, -0.05) is 29.8 Å². The quantitative estimate of drug-likeness (QED) is 0.254. The minimum Gasteiger partial charge on any atom is -0.497 e. The Labute approximate surface area is 175 Å². The lowest BCUT2D eigenvalue weighted by Gasteiger charge is -2.01. The van der Waals surface area contributed by atoms with Crippen LogP contribution in [0.15, 0.2) is 59.6 Å². The van der Waals surface area contributed by atoms with Crippen molar-refractivity contribution in [2.24, 2.45) is 0 Å². The molecule has 4 rings (SSSR count). The Morgan fingerprint density at radius 1 is 1.31 bits per heavy atom. The van der Waals surface area contributed by atoms with Gasteiger partial charge in [-0.05, 0) is 30.3 Å². The highest BCUT2D eigenvalue weighted by Crippen LogP contribution is 2.28. The Balaban J connectivity index is 1.66. The predicted octanol–water partition coefficient (Wildman–Crippen LogP) is 5.74. The van der Waals surface area contributed by atoms with Crippen molar-refractivity contribution in [2.45, 2.75) is 0 Å². The molecule has 2 aromatic heterocycles. The van der Waals surface area contributed by atoms with Crippen LogP contribution >= 0.6 is 22.9 Å². The van der Waals surface area contributed by atoms with Crippen LogP contribution in [0.1, 0.15) is 16.1 Å². The van der Waals surface area contributed by atoms with Gasteiger partial charge in [0.15, 0.2) is 0 Å². The van der Waals surface area contributed by atoms with Gasteiger partial charge >= 0.3 is 0 Å². The highest BCUT2D eigenvalue weighted by atomic mass is 35.5. The second-order valence-corrected chi connectivity index (χ2v) is 7.50. The second-order valence-electron chi connectivity index (χ2n) is 6.20. The Kier molecular flexibility index (Phi) is 5.17. The summed E-state index contributed by atoms with van der Waals surface area (Å²) in [6, 6.07) is 14.8. The molecular formula is C22H14ClN3O2S. The zero-order valence-corrected chi connectivity index (χ0v) is 16.8. The summed E-state index contributed by atoms with van der Waals surface area (Å²) in [7, 11) is 1.61. The van der Waals surface area contributed by atoms with E-state index in [2.05, 4.69) is 9.97 Å². The minimum absolute atomic E-state index is 0.0170. The third kappa shape index (κ3) is 3.79. The molecule has 0 aliphatic rings. The summed E-state index contributed by atoms with van der Waals surface area (Å²) in [5.41, 5.74) is 2.65. The molecule has 29 heavy (non-hydrogen) atoms. The normalized spacial score (nSPS) is 11.4. The summed E-state index contributed by atoms with van der Waals surface area (Å²) in [5.74, 6) is 0.374. The monoisotopic (exact) mass is 419 g/mol. The molecule has 2 heterocycles. The molecule has 7 heteroatoms. The van der Waals surface area contributed by atoms with Crippen LogP contribution in [0.25, 0.3) is 27.6 Å². The minimum atomic E-state index is -0.364. The van der Waals surface area contributed by atoms with E-state index in [9.17, 15) is 10.1 Å². The number of carbonyl (C=O) groups excluding carboxylic acids is 1. The van der Waals surface area contributed by atoms with Gasteiger partial charge in [-0.15, -0.1) is 11.3 Å². The first-order chi connectivity index (χ1) is 14.1. The van der Waals surface area contributed by atoms with Crippen LogP contribution in [0.2, 0.25) is 5.02 Å². The number of rotatable bonds is 5. The fourth-order valence-electron chi connectivity index (χ4n) is 2.97. The molecule has 0 saturated carbocycles. The standard InChI is InChI=1S/C22H14ClN3O2S/c1-28-17-4-2-3-13(8-17)22-26-16(12-29-22)7-14(10-24)21(27)19-11-25-20-9-15(23)5-6-18(19)20/h2-9,11-12,25H,1H3/b14-7-. The summed E-state index contributed by atoms with van der Waals surface area (Å²) in [5, 5.41) is 13.4. The Hall–Kier alpha value is -3.40. The Morgan fingerprint density at radius 3 is 2.97 bits per heavy atom. The number of nitriles is 1. The van der Waals surface area contributed by atoms with Crippen LogP contribution in [-0.2, 0) is 0 Å². The topological polar surface area (TPSA) is 78.8 Å². The van der Waals surface area contributed by atoms with E-state index in [4.69, 9.17) is 16.3 Å². The highest BCUT2D eigenvalue weighted by molar-refractivity contribution is 7.13. The number of allylic oxidation sites excluding steroid dienone is 1. The molecule has 0 unspecified atom stereocenters. The molecule has 0 radical (unpaired) electrons. The third-order valence-corrected chi connectivity index (χ3v) is 5.53. The third-order valence-electron chi connectivity index (χ3n) is 4.38. The van der Waals surface area contributed by atoms with E-state index in [1.807, 2.05) is 35.7 Å². The molecule has 0 amide bonds. The molecule has 0 atom stereocenters. The van der Waals surface area contributed by atoms with E-state index < -0.39 is 0 Å². The van der Waals surface area contributed by atoms with E-state index in [-0.39, 0.29) is 11.4 Å². The van der Waals surface area contributed by atoms with Crippen LogP contribution in [0.5, 0.6) is 5.75 Å². The largest absolute Gasteiger partial charge is 0.497 e. The van der Waals surface area contributed by atoms with Gasteiger partial charge in [-0.3, -0.25) is 4.79 Å². The number of carbonyl (C=O) groups is 1. The van der Waals surface area contributed by atoms with Crippen molar-refractivity contribution in [1.29, 1.82) is 5.26 Å². The maximum atomic E-state index is 12.9. The van der Waals surface area contributed by atoms with Gasteiger partial charge in [-0.2, -0.15) is 5.26 Å². The van der Waals surface area contributed by atoms with E-state index in [1.54, 1.807) is 31.5 Å². The number of nitrogens with zero attached hydrogens (tertiary/aromatic N) is 2. The first-order valence-corrected chi connectivity index (χ1v) is 9.88. The Bertz CT molecular complexity index is 1300. The fraction of sp³-hybridized carbons (Fsp3) is 0.0455. The number of hydrogen-bond acceptors (Lipinski definition) is 5.